The second-order valence-electron chi connectivity index (χ2n) is 7.89. The molecule has 1 aliphatic carbocycles. The van der Waals surface area contributed by atoms with E-state index in [-0.39, 0.29) is 11.9 Å². The molecule has 1 saturated carbocycles. The summed E-state index contributed by atoms with van der Waals surface area (Å²) in [6.07, 6.45) is 3.28. The number of furan rings is 1. The van der Waals surface area contributed by atoms with Gasteiger partial charge in [0.25, 0.3) is 5.91 Å². The average Bonchev–Trinajstić information content (AvgIpc) is 3.29. The van der Waals surface area contributed by atoms with Crippen molar-refractivity contribution in [3.05, 3.63) is 76.6 Å². The van der Waals surface area contributed by atoms with Crippen LogP contribution >= 0.6 is 11.6 Å². The third kappa shape index (κ3) is 3.61. The molecule has 1 fully saturated rings. The van der Waals surface area contributed by atoms with Gasteiger partial charge < -0.3 is 9.73 Å². The predicted molar refractivity (Wildman–Crippen MR) is 118 cm³/mol. The zero-order chi connectivity index (χ0) is 20.7. The highest BCUT2D eigenvalue weighted by atomic mass is 35.5. The number of fused-ring (bicyclic) bond motifs is 1. The van der Waals surface area contributed by atoms with E-state index in [1.54, 1.807) is 0 Å². The highest BCUT2D eigenvalue weighted by Crippen LogP contribution is 2.32. The zero-order valence-corrected chi connectivity index (χ0v) is 17.4. The average molecular weight is 420 g/mol. The number of amides is 1. The fourth-order valence-electron chi connectivity index (χ4n) is 3.80. The molecule has 0 spiro atoms. The summed E-state index contributed by atoms with van der Waals surface area (Å²) in [4.78, 5) is 12.5. The fourth-order valence-corrected chi connectivity index (χ4v) is 4.05. The number of aryl methyl sites for hydroxylation is 1. The number of hydrogen-bond donors (Lipinski definition) is 1. The van der Waals surface area contributed by atoms with Gasteiger partial charge in [-0.3, -0.25) is 9.48 Å². The van der Waals surface area contributed by atoms with E-state index >= 15 is 0 Å². The molecular weight excluding hydrogens is 398 g/mol. The monoisotopic (exact) mass is 419 g/mol. The van der Waals surface area contributed by atoms with Gasteiger partial charge in [-0.15, -0.1) is 0 Å². The van der Waals surface area contributed by atoms with E-state index in [0.717, 1.165) is 46.4 Å². The quantitative estimate of drug-likeness (QED) is 0.458. The summed E-state index contributed by atoms with van der Waals surface area (Å²) in [7, 11) is 0. The summed E-state index contributed by atoms with van der Waals surface area (Å²) in [5, 5.41) is 9.17. The van der Waals surface area contributed by atoms with Crippen LogP contribution in [0, 0.1) is 6.92 Å². The first-order valence-corrected chi connectivity index (χ1v) is 10.6. The molecular formula is C24H22ClN3O2. The Hall–Kier alpha value is -3.05. The molecule has 2 aromatic heterocycles. The van der Waals surface area contributed by atoms with Crippen LogP contribution < -0.4 is 5.32 Å². The summed E-state index contributed by atoms with van der Waals surface area (Å²) in [5.74, 6) is 0.689. The van der Waals surface area contributed by atoms with Crippen LogP contribution in [-0.2, 0) is 6.54 Å². The van der Waals surface area contributed by atoms with Gasteiger partial charge in [0, 0.05) is 33.3 Å². The Balaban J connectivity index is 1.46. The minimum Gasteiger partial charge on any atom is -0.456 e. The van der Waals surface area contributed by atoms with E-state index in [1.807, 2.05) is 66.2 Å². The Morgan fingerprint density at radius 1 is 1.20 bits per heavy atom. The first-order chi connectivity index (χ1) is 14.6. The third-order valence-electron chi connectivity index (χ3n) is 5.69. The van der Waals surface area contributed by atoms with Crippen LogP contribution in [0.15, 0.2) is 59.0 Å². The second-order valence-corrected chi connectivity index (χ2v) is 8.33. The molecule has 0 unspecified atom stereocenters. The Morgan fingerprint density at radius 3 is 2.73 bits per heavy atom. The van der Waals surface area contributed by atoms with E-state index in [9.17, 15) is 4.79 Å². The molecule has 0 atom stereocenters. The molecule has 2 aromatic carbocycles. The van der Waals surface area contributed by atoms with Crippen molar-refractivity contribution >= 4 is 28.5 Å². The van der Waals surface area contributed by atoms with Crippen molar-refractivity contribution in [3.63, 3.8) is 0 Å². The lowest BCUT2D eigenvalue weighted by atomic mass is 9.93. The number of nitrogens with one attached hydrogen (secondary N) is 1. The minimum atomic E-state index is -0.109. The third-order valence-corrected chi connectivity index (χ3v) is 5.91. The van der Waals surface area contributed by atoms with Crippen LogP contribution in [-0.4, -0.2) is 21.7 Å². The largest absolute Gasteiger partial charge is 0.456 e. The van der Waals surface area contributed by atoms with Crippen molar-refractivity contribution in [2.24, 2.45) is 0 Å². The Bertz CT molecular complexity index is 1220. The fraction of sp³-hybridized carbons (Fsp3) is 0.250. The maximum atomic E-state index is 12.5. The van der Waals surface area contributed by atoms with Crippen molar-refractivity contribution in [2.75, 3.05) is 0 Å². The number of rotatable bonds is 5. The summed E-state index contributed by atoms with van der Waals surface area (Å²) in [5.41, 5.74) is 4.09. The number of aromatic nitrogens is 2. The summed E-state index contributed by atoms with van der Waals surface area (Å²) in [6, 6.07) is 17.9. The van der Waals surface area contributed by atoms with E-state index in [4.69, 9.17) is 16.0 Å². The van der Waals surface area contributed by atoms with Crippen molar-refractivity contribution in [2.45, 2.75) is 38.8 Å². The number of benzene rings is 2. The molecule has 1 aliphatic rings. The van der Waals surface area contributed by atoms with Crippen LogP contribution in [0.4, 0.5) is 0 Å². The van der Waals surface area contributed by atoms with Crippen LogP contribution in [0.2, 0.25) is 5.02 Å². The molecule has 5 nitrogen and oxygen atoms in total. The van der Waals surface area contributed by atoms with Crippen molar-refractivity contribution < 1.29 is 9.21 Å². The Kier molecular flexibility index (Phi) is 4.83. The number of hydrogen-bond acceptors (Lipinski definition) is 3. The zero-order valence-electron chi connectivity index (χ0n) is 16.7. The van der Waals surface area contributed by atoms with E-state index in [0.29, 0.717) is 17.3 Å². The number of halogens is 1. The van der Waals surface area contributed by atoms with Gasteiger partial charge in [-0.05, 0) is 50.5 Å². The lowest BCUT2D eigenvalue weighted by Crippen LogP contribution is -2.39. The first-order valence-electron chi connectivity index (χ1n) is 10.2. The summed E-state index contributed by atoms with van der Waals surface area (Å²) in [6.45, 7) is 2.42. The van der Waals surface area contributed by atoms with E-state index in [1.165, 1.54) is 6.42 Å². The van der Waals surface area contributed by atoms with Gasteiger partial charge in [0.1, 0.15) is 17.0 Å². The molecule has 0 aliphatic heterocycles. The van der Waals surface area contributed by atoms with Gasteiger partial charge in [-0.1, -0.05) is 41.9 Å². The lowest BCUT2D eigenvalue weighted by molar-refractivity contribution is 0.0911. The first kappa shape index (κ1) is 18.9. The smallest absolute Gasteiger partial charge is 0.272 e. The molecule has 6 heteroatoms. The molecule has 2 heterocycles. The second kappa shape index (κ2) is 7.65. The summed E-state index contributed by atoms with van der Waals surface area (Å²) >= 11 is 6.38. The number of carbonyl (C=O) groups is 1. The molecule has 5 rings (SSSR count). The van der Waals surface area contributed by atoms with Gasteiger partial charge in [0.15, 0.2) is 0 Å². The molecule has 1 amide bonds. The molecule has 4 aromatic rings. The van der Waals surface area contributed by atoms with Gasteiger partial charge in [0.2, 0.25) is 0 Å². The van der Waals surface area contributed by atoms with Crippen LogP contribution in [0.5, 0.6) is 0 Å². The Morgan fingerprint density at radius 2 is 2.00 bits per heavy atom. The maximum absolute atomic E-state index is 12.5. The molecule has 0 radical (unpaired) electrons. The molecule has 0 bridgehead atoms. The number of nitrogens with zero attached hydrogens (tertiary/aromatic N) is 2. The standard InChI is InChI=1S/C24H22ClN3O2/c1-15-10-21(24(29)26-20-8-5-9-20)27-28(15)14-18-12-19(25)11-17-13-22(30-23(17)18)16-6-3-2-4-7-16/h2-4,6-7,10-13,20H,5,8-9,14H2,1H3,(H,26,29). The predicted octanol–water partition coefficient (Wildman–Crippen LogP) is 5.59. The van der Waals surface area contributed by atoms with Crippen molar-refractivity contribution in [1.29, 1.82) is 0 Å². The van der Waals surface area contributed by atoms with Crippen molar-refractivity contribution in [3.8, 4) is 11.3 Å². The number of carbonyl (C=O) groups excluding carboxylic acids is 1. The van der Waals surface area contributed by atoms with Gasteiger partial charge >= 0.3 is 0 Å². The highest BCUT2D eigenvalue weighted by Gasteiger charge is 2.22. The van der Waals surface area contributed by atoms with E-state index < -0.39 is 0 Å². The van der Waals surface area contributed by atoms with Gasteiger partial charge in [0.05, 0.1) is 6.54 Å². The van der Waals surface area contributed by atoms with Crippen LogP contribution in [0.3, 0.4) is 0 Å². The van der Waals surface area contributed by atoms with Crippen molar-refractivity contribution in [1.82, 2.24) is 15.1 Å². The SMILES string of the molecule is Cc1cc(C(=O)NC2CCC2)nn1Cc1cc(Cl)cc2cc(-c3ccccc3)oc12. The van der Waals surface area contributed by atoms with Gasteiger partial charge in [-0.25, -0.2) is 0 Å². The van der Waals surface area contributed by atoms with Gasteiger partial charge in [-0.2, -0.15) is 5.10 Å². The topological polar surface area (TPSA) is 60.1 Å². The summed E-state index contributed by atoms with van der Waals surface area (Å²) < 4.78 is 8.03. The van der Waals surface area contributed by atoms with E-state index in [2.05, 4.69) is 10.4 Å². The molecule has 30 heavy (non-hydrogen) atoms. The lowest BCUT2D eigenvalue weighted by Gasteiger charge is -2.25. The molecule has 152 valence electrons. The van der Waals surface area contributed by atoms with Crippen LogP contribution in [0.25, 0.3) is 22.3 Å². The minimum absolute atomic E-state index is 0.109. The van der Waals surface area contributed by atoms with Crippen LogP contribution in [0.1, 0.15) is 41.0 Å². The normalized spacial score (nSPS) is 14.1. The maximum Gasteiger partial charge on any atom is 0.272 e. The molecule has 1 N–H and O–H groups in total. The highest BCUT2D eigenvalue weighted by molar-refractivity contribution is 6.31. The molecule has 0 saturated heterocycles. The Labute approximate surface area is 179 Å².